The first kappa shape index (κ1) is 19.6. The van der Waals surface area contributed by atoms with E-state index in [-0.39, 0.29) is 47.2 Å². The highest BCUT2D eigenvalue weighted by Crippen LogP contribution is 2.88. The van der Waals surface area contributed by atoms with Crippen molar-refractivity contribution in [2.75, 3.05) is 19.6 Å². The van der Waals surface area contributed by atoms with Gasteiger partial charge in [-0.1, -0.05) is 20.3 Å². The summed E-state index contributed by atoms with van der Waals surface area (Å²) in [7, 11) is 0. The molecule has 2 spiro atoms. The van der Waals surface area contributed by atoms with E-state index in [2.05, 4.69) is 24.5 Å². The van der Waals surface area contributed by atoms with E-state index in [1.807, 2.05) is 0 Å². The number of nitrogens with two attached hydrogens (primary N) is 1. The molecule has 8 heteroatoms. The SMILES string of the molecule is CC1(C)C2(CCC2)C12CC(C(=O)NCC(O)C(=O)NC1CC1)N(C(=O)CN)C2. The number of hydrogen-bond acceptors (Lipinski definition) is 5. The largest absolute Gasteiger partial charge is 0.381 e. The summed E-state index contributed by atoms with van der Waals surface area (Å²) >= 11 is 0. The first-order valence-corrected chi connectivity index (χ1v) is 10.4. The van der Waals surface area contributed by atoms with Crippen LogP contribution in [0.25, 0.3) is 0 Å². The molecule has 4 rings (SSSR count). The summed E-state index contributed by atoms with van der Waals surface area (Å²) < 4.78 is 0. The lowest BCUT2D eigenvalue weighted by Crippen LogP contribution is -2.50. The van der Waals surface area contributed by atoms with Gasteiger partial charge < -0.3 is 26.4 Å². The van der Waals surface area contributed by atoms with Gasteiger partial charge in [0.15, 0.2) is 0 Å². The van der Waals surface area contributed by atoms with Gasteiger partial charge in [0.05, 0.1) is 13.1 Å². The normalized spacial score (nSPS) is 32.7. The Morgan fingerprint density at radius 1 is 1.21 bits per heavy atom. The van der Waals surface area contributed by atoms with Gasteiger partial charge in [-0.25, -0.2) is 0 Å². The summed E-state index contributed by atoms with van der Waals surface area (Å²) in [6.45, 7) is 4.80. The van der Waals surface area contributed by atoms with Gasteiger partial charge in [-0.15, -0.1) is 0 Å². The third kappa shape index (κ3) is 2.60. The van der Waals surface area contributed by atoms with Gasteiger partial charge in [-0.05, 0) is 42.9 Å². The van der Waals surface area contributed by atoms with Gasteiger partial charge >= 0.3 is 0 Å². The molecule has 0 aromatic rings. The quantitative estimate of drug-likeness (QED) is 0.485. The van der Waals surface area contributed by atoms with Gasteiger partial charge in [0.2, 0.25) is 11.8 Å². The molecule has 0 bridgehead atoms. The molecule has 1 heterocycles. The maximum Gasteiger partial charge on any atom is 0.250 e. The number of fused-ring (bicyclic) bond motifs is 1. The third-order valence-corrected chi connectivity index (χ3v) is 8.31. The second kappa shape index (κ2) is 6.42. The fourth-order valence-electron chi connectivity index (χ4n) is 6.14. The van der Waals surface area contributed by atoms with Crippen molar-refractivity contribution in [2.24, 2.45) is 22.0 Å². The lowest BCUT2D eigenvalue weighted by molar-refractivity contribution is -0.138. The Hall–Kier alpha value is -1.67. The molecule has 3 saturated carbocycles. The number of aliphatic hydroxyl groups excluding tert-OH is 1. The smallest absolute Gasteiger partial charge is 0.250 e. The molecule has 1 aliphatic heterocycles. The number of nitrogens with one attached hydrogen (secondary N) is 2. The van der Waals surface area contributed by atoms with Crippen LogP contribution in [0.3, 0.4) is 0 Å². The highest BCUT2D eigenvalue weighted by molar-refractivity contribution is 5.90. The summed E-state index contributed by atoms with van der Waals surface area (Å²) in [6, 6.07) is -0.435. The van der Waals surface area contributed by atoms with Gasteiger partial charge in [-0.3, -0.25) is 14.4 Å². The van der Waals surface area contributed by atoms with Crippen molar-refractivity contribution in [1.29, 1.82) is 0 Å². The molecule has 3 aliphatic carbocycles. The van der Waals surface area contributed by atoms with Crippen molar-refractivity contribution in [3.05, 3.63) is 0 Å². The summed E-state index contributed by atoms with van der Waals surface area (Å²) in [6.07, 6.45) is 4.72. The number of likely N-dealkylation sites (tertiary alicyclic amines) is 1. The number of nitrogens with zero attached hydrogens (tertiary/aromatic N) is 1. The Labute approximate surface area is 165 Å². The topological polar surface area (TPSA) is 125 Å². The lowest BCUT2D eigenvalue weighted by atomic mass is 9.73. The van der Waals surface area contributed by atoms with Crippen LogP contribution >= 0.6 is 0 Å². The van der Waals surface area contributed by atoms with Crippen LogP contribution in [0.5, 0.6) is 0 Å². The average molecular weight is 393 g/mol. The van der Waals surface area contributed by atoms with Crippen LogP contribution < -0.4 is 16.4 Å². The molecular formula is C20H32N4O4. The number of rotatable bonds is 6. The Kier molecular flexibility index (Phi) is 4.50. The van der Waals surface area contributed by atoms with E-state index >= 15 is 0 Å². The number of hydrogen-bond donors (Lipinski definition) is 4. The number of carbonyl (C=O) groups excluding carboxylic acids is 3. The molecule has 8 nitrogen and oxygen atoms in total. The standard InChI is InChI=1S/C20H32N4O4/c1-18(2)19(6-3-7-19)20(18)8-13(24(11-20)15(26)9-21)16(27)22-10-14(25)17(28)23-12-4-5-12/h12-14,25H,3-11,21H2,1-2H3,(H,22,27)(H,23,28). The lowest BCUT2D eigenvalue weighted by Gasteiger charge is -2.32. The molecule has 3 atom stereocenters. The molecule has 156 valence electrons. The molecule has 4 fully saturated rings. The first-order chi connectivity index (χ1) is 13.2. The third-order valence-electron chi connectivity index (χ3n) is 8.31. The van der Waals surface area contributed by atoms with Crippen LogP contribution in [0.2, 0.25) is 0 Å². The Morgan fingerprint density at radius 2 is 1.89 bits per heavy atom. The molecule has 3 unspecified atom stereocenters. The van der Waals surface area contributed by atoms with E-state index in [1.165, 1.54) is 6.42 Å². The summed E-state index contributed by atoms with van der Waals surface area (Å²) in [4.78, 5) is 38.9. The zero-order chi connectivity index (χ0) is 20.3. The van der Waals surface area contributed by atoms with E-state index in [9.17, 15) is 19.5 Å². The van der Waals surface area contributed by atoms with Gasteiger partial charge in [0, 0.05) is 18.0 Å². The molecule has 0 radical (unpaired) electrons. The maximum atomic E-state index is 12.9. The highest BCUT2D eigenvalue weighted by Gasteiger charge is 2.85. The minimum atomic E-state index is -1.28. The van der Waals surface area contributed by atoms with E-state index in [0.29, 0.717) is 13.0 Å². The van der Waals surface area contributed by atoms with Crippen molar-refractivity contribution in [2.45, 2.75) is 70.6 Å². The zero-order valence-electron chi connectivity index (χ0n) is 16.8. The van der Waals surface area contributed by atoms with Crippen LogP contribution in [-0.2, 0) is 14.4 Å². The summed E-state index contributed by atoms with van der Waals surface area (Å²) in [5.41, 5.74) is 5.90. The minimum Gasteiger partial charge on any atom is -0.381 e. The predicted octanol–water partition coefficient (Wildman–Crippen LogP) is -0.502. The number of aliphatic hydroxyl groups is 1. The molecule has 0 aromatic heterocycles. The Balaban J connectivity index is 1.42. The van der Waals surface area contributed by atoms with Crippen molar-refractivity contribution in [3.63, 3.8) is 0 Å². The Bertz CT molecular complexity index is 700. The van der Waals surface area contributed by atoms with E-state index in [0.717, 1.165) is 25.7 Å². The minimum absolute atomic E-state index is 0.0347. The molecule has 0 aromatic carbocycles. The first-order valence-electron chi connectivity index (χ1n) is 10.4. The van der Waals surface area contributed by atoms with Crippen molar-refractivity contribution in [3.8, 4) is 0 Å². The van der Waals surface area contributed by atoms with Gasteiger partial charge in [0.1, 0.15) is 12.1 Å². The van der Waals surface area contributed by atoms with E-state index < -0.39 is 18.1 Å². The molecular weight excluding hydrogens is 360 g/mol. The predicted molar refractivity (Wildman–Crippen MR) is 102 cm³/mol. The monoisotopic (exact) mass is 392 g/mol. The van der Waals surface area contributed by atoms with Gasteiger partial charge in [-0.2, -0.15) is 0 Å². The van der Waals surface area contributed by atoms with Gasteiger partial charge in [0.25, 0.3) is 5.91 Å². The summed E-state index contributed by atoms with van der Waals surface area (Å²) in [5, 5.41) is 15.4. The molecule has 28 heavy (non-hydrogen) atoms. The fraction of sp³-hybridized carbons (Fsp3) is 0.850. The summed E-state index contributed by atoms with van der Waals surface area (Å²) in [5.74, 6) is -0.993. The van der Waals surface area contributed by atoms with Crippen LogP contribution in [-0.4, -0.2) is 65.5 Å². The Morgan fingerprint density at radius 3 is 2.39 bits per heavy atom. The van der Waals surface area contributed by atoms with Crippen LogP contribution in [0.15, 0.2) is 0 Å². The fourth-order valence-corrected chi connectivity index (χ4v) is 6.14. The zero-order valence-corrected chi connectivity index (χ0v) is 16.8. The number of amides is 3. The second-order valence-corrected chi connectivity index (χ2v) is 9.63. The van der Waals surface area contributed by atoms with Crippen molar-refractivity contribution in [1.82, 2.24) is 15.5 Å². The number of carbonyl (C=O) groups is 3. The average Bonchev–Trinajstić information content (AvgIpc) is 3.43. The van der Waals surface area contributed by atoms with Crippen LogP contribution in [0.1, 0.15) is 52.4 Å². The molecule has 5 N–H and O–H groups in total. The van der Waals surface area contributed by atoms with Crippen molar-refractivity contribution >= 4 is 17.7 Å². The van der Waals surface area contributed by atoms with Crippen LogP contribution in [0.4, 0.5) is 0 Å². The van der Waals surface area contributed by atoms with E-state index in [1.54, 1.807) is 4.90 Å². The molecule has 3 amide bonds. The second-order valence-electron chi connectivity index (χ2n) is 9.63. The van der Waals surface area contributed by atoms with E-state index in [4.69, 9.17) is 5.73 Å². The van der Waals surface area contributed by atoms with Crippen LogP contribution in [0, 0.1) is 16.2 Å². The highest BCUT2D eigenvalue weighted by atomic mass is 16.3. The maximum absolute atomic E-state index is 12.9. The van der Waals surface area contributed by atoms with Crippen molar-refractivity contribution < 1.29 is 19.5 Å². The molecule has 1 saturated heterocycles. The molecule has 4 aliphatic rings.